The summed E-state index contributed by atoms with van der Waals surface area (Å²) in [7, 11) is 0. The van der Waals surface area contributed by atoms with Crippen molar-refractivity contribution in [1.82, 2.24) is 19.9 Å². The van der Waals surface area contributed by atoms with Gasteiger partial charge in [-0.3, -0.25) is 9.20 Å². The van der Waals surface area contributed by atoms with E-state index >= 15 is 0 Å². The summed E-state index contributed by atoms with van der Waals surface area (Å²) in [6, 6.07) is 18.3. The lowest BCUT2D eigenvalue weighted by atomic mass is 10.1. The first kappa shape index (κ1) is 26.6. The number of aliphatic carboxylic acids is 2. The molecule has 0 bridgehead atoms. The van der Waals surface area contributed by atoms with E-state index in [2.05, 4.69) is 20.8 Å². The van der Waals surface area contributed by atoms with Crippen molar-refractivity contribution in [3.8, 4) is 0 Å². The maximum Gasteiger partial charge on any atom is 0.414 e. The largest absolute Gasteiger partial charge is 0.473 e. The summed E-state index contributed by atoms with van der Waals surface area (Å²) in [5.41, 5.74) is 2.98. The minimum absolute atomic E-state index is 0.277. The van der Waals surface area contributed by atoms with Crippen LogP contribution in [0, 0.1) is 0 Å². The first-order valence-electron chi connectivity index (χ1n) is 10.6. The molecule has 2 heterocycles. The Morgan fingerprint density at radius 1 is 0.917 bits per heavy atom. The maximum atomic E-state index is 12.5. The molecule has 0 fully saturated rings. The molecule has 0 radical (unpaired) electrons. The van der Waals surface area contributed by atoms with Crippen molar-refractivity contribution >= 4 is 52.4 Å². The van der Waals surface area contributed by atoms with Crippen LogP contribution in [0.2, 0.25) is 10.0 Å². The Kier molecular flexibility index (Phi) is 9.34. The molecule has 0 unspecified atom stereocenters. The van der Waals surface area contributed by atoms with Crippen molar-refractivity contribution in [2.75, 3.05) is 11.9 Å². The van der Waals surface area contributed by atoms with Crippen LogP contribution in [0.3, 0.4) is 0 Å². The van der Waals surface area contributed by atoms with E-state index in [9.17, 15) is 4.79 Å². The predicted molar refractivity (Wildman–Crippen MR) is 135 cm³/mol. The maximum absolute atomic E-state index is 12.5. The molecular formula is C24H21Cl2N5O5. The van der Waals surface area contributed by atoms with Gasteiger partial charge in [0, 0.05) is 36.4 Å². The Morgan fingerprint density at radius 3 is 2.42 bits per heavy atom. The van der Waals surface area contributed by atoms with Crippen LogP contribution < -0.4 is 10.6 Å². The number of rotatable bonds is 7. The molecule has 12 heteroatoms. The van der Waals surface area contributed by atoms with Crippen molar-refractivity contribution in [2.45, 2.75) is 13.0 Å². The van der Waals surface area contributed by atoms with E-state index in [4.69, 9.17) is 43.0 Å². The number of halogens is 2. The number of amides is 1. The van der Waals surface area contributed by atoms with Gasteiger partial charge >= 0.3 is 11.9 Å². The molecule has 1 amide bonds. The van der Waals surface area contributed by atoms with Gasteiger partial charge in [-0.2, -0.15) is 0 Å². The Balaban J connectivity index is 0.000000538. The SMILES string of the molecule is O=C(Nc1cccc(CNCCc2nnc3ccccn23)c1)c1ccc(Cl)cc1Cl.O=C(O)C(=O)O. The van der Waals surface area contributed by atoms with Gasteiger partial charge in [-0.1, -0.05) is 41.4 Å². The van der Waals surface area contributed by atoms with E-state index < -0.39 is 11.9 Å². The van der Waals surface area contributed by atoms with Gasteiger partial charge in [-0.15, -0.1) is 10.2 Å². The number of nitrogens with one attached hydrogen (secondary N) is 2. The summed E-state index contributed by atoms with van der Waals surface area (Å²) in [4.78, 5) is 30.7. The molecule has 2 aromatic carbocycles. The zero-order valence-electron chi connectivity index (χ0n) is 18.7. The van der Waals surface area contributed by atoms with Crippen LogP contribution >= 0.6 is 23.2 Å². The highest BCUT2D eigenvalue weighted by molar-refractivity contribution is 6.37. The van der Waals surface area contributed by atoms with Crippen LogP contribution in [-0.2, 0) is 22.6 Å². The Bertz CT molecular complexity index is 1380. The number of aromatic nitrogens is 3. The molecule has 10 nitrogen and oxygen atoms in total. The third kappa shape index (κ3) is 7.51. The van der Waals surface area contributed by atoms with Crippen LogP contribution in [0.1, 0.15) is 21.7 Å². The van der Waals surface area contributed by atoms with E-state index in [1.54, 1.807) is 18.2 Å². The second-order valence-electron chi connectivity index (χ2n) is 7.36. The Morgan fingerprint density at radius 2 is 1.69 bits per heavy atom. The minimum Gasteiger partial charge on any atom is -0.473 e. The highest BCUT2D eigenvalue weighted by atomic mass is 35.5. The fraction of sp³-hybridized carbons (Fsp3) is 0.125. The predicted octanol–water partition coefficient (Wildman–Crippen LogP) is 3.78. The summed E-state index contributed by atoms with van der Waals surface area (Å²) in [6.45, 7) is 1.43. The van der Waals surface area contributed by atoms with Crippen molar-refractivity contribution in [3.63, 3.8) is 0 Å². The van der Waals surface area contributed by atoms with E-state index in [1.165, 1.54) is 0 Å². The van der Waals surface area contributed by atoms with Gasteiger partial charge in [-0.05, 0) is 48.0 Å². The number of pyridine rings is 1. The topological polar surface area (TPSA) is 146 Å². The minimum atomic E-state index is -1.82. The number of hydrogen-bond acceptors (Lipinski definition) is 6. The second-order valence-corrected chi connectivity index (χ2v) is 8.20. The number of carbonyl (C=O) groups excluding carboxylic acids is 1. The fourth-order valence-electron chi connectivity index (χ4n) is 3.13. The molecule has 186 valence electrons. The van der Waals surface area contributed by atoms with Crippen LogP contribution in [0.5, 0.6) is 0 Å². The van der Waals surface area contributed by atoms with Crippen LogP contribution in [0.15, 0.2) is 66.9 Å². The molecule has 36 heavy (non-hydrogen) atoms. The molecule has 0 aliphatic heterocycles. The van der Waals surface area contributed by atoms with Gasteiger partial charge in [-0.25, -0.2) is 9.59 Å². The number of carboxylic acids is 2. The standard InChI is InChI=1S/C22H19Cl2N5O.C2H2O4/c23-16-7-8-18(19(24)13-16)22(30)26-17-5-3-4-15(12-17)14-25-10-9-21-28-27-20-6-1-2-11-29(20)21;3-1(4)2(5)6/h1-8,11-13,25H,9-10,14H2,(H,26,30);(H,3,4)(H,5,6). The highest BCUT2D eigenvalue weighted by Crippen LogP contribution is 2.22. The average Bonchev–Trinajstić information content (AvgIpc) is 3.25. The molecule has 0 spiro atoms. The average molecular weight is 530 g/mol. The smallest absolute Gasteiger partial charge is 0.414 e. The normalized spacial score (nSPS) is 10.4. The third-order valence-electron chi connectivity index (χ3n) is 4.78. The van der Waals surface area contributed by atoms with E-state index in [-0.39, 0.29) is 5.91 Å². The molecule has 4 rings (SSSR count). The first-order chi connectivity index (χ1) is 17.2. The molecule has 4 N–H and O–H groups in total. The number of fused-ring (bicyclic) bond motifs is 1. The van der Waals surface area contributed by atoms with Gasteiger partial charge < -0.3 is 20.8 Å². The molecule has 0 atom stereocenters. The molecular weight excluding hydrogens is 509 g/mol. The van der Waals surface area contributed by atoms with Crippen LogP contribution in [0.4, 0.5) is 5.69 Å². The van der Waals surface area contributed by atoms with E-state index in [0.29, 0.717) is 27.8 Å². The molecule has 0 saturated heterocycles. The molecule has 0 aliphatic rings. The lowest BCUT2D eigenvalue weighted by Crippen LogP contribution is -2.18. The highest BCUT2D eigenvalue weighted by Gasteiger charge is 2.11. The lowest BCUT2D eigenvalue weighted by Gasteiger charge is -2.09. The monoisotopic (exact) mass is 529 g/mol. The van der Waals surface area contributed by atoms with Crippen LogP contribution in [0.25, 0.3) is 5.65 Å². The van der Waals surface area contributed by atoms with Crippen molar-refractivity contribution in [3.05, 3.63) is 93.9 Å². The van der Waals surface area contributed by atoms with Crippen molar-refractivity contribution in [1.29, 1.82) is 0 Å². The summed E-state index contributed by atoms with van der Waals surface area (Å²) in [6.07, 6.45) is 2.72. The van der Waals surface area contributed by atoms with Crippen molar-refractivity contribution < 1.29 is 24.6 Å². The molecule has 4 aromatic rings. The van der Waals surface area contributed by atoms with Crippen LogP contribution in [-0.4, -0.2) is 49.2 Å². The van der Waals surface area contributed by atoms with E-state index in [1.807, 2.05) is 53.1 Å². The zero-order valence-corrected chi connectivity index (χ0v) is 20.2. The summed E-state index contributed by atoms with van der Waals surface area (Å²) >= 11 is 12.0. The fourth-order valence-corrected chi connectivity index (χ4v) is 3.62. The van der Waals surface area contributed by atoms with E-state index in [0.717, 1.165) is 30.0 Å². The third-order valence-corrected chi connectivity index (χ3v) is 5.33. The quantitative estimate of drug-likeness (QED) is 0.209. The number of nitrogens with zero attached hydrogens (tertiary/aromatic N) is 3. The number of carboxylic acid groups (broad SMARTS) is 2. The van der Waals surface area contributed by atoms with Gasteiger partial charge in [0.05, 0.1) is 10.6 Å². The summed E-state index contributed by atoms with van der Waals surface area (Å²) < 4.78 is 1.99. The Labute approximate surface area is 215 Å². The van der Waals surface area contributed by atoms with Crippen molar-refractivity contribution in [2.24, 2.45) is 0 Å². The van der Waals surface area contributed by atoms with Gasteiger partial charge in [0.25, 0.3) is 5.91 Å². The number of anilines is 1. The molecule has 0 aliphatic carbocycles. The summed E-state index contributed by atoms with van der Waals surface area (Å²) in [5.74, 6) is -3.01. The lowest BCUT2D eigenvalue weighted by molar-refractivity contribution is -0.159. The number of carbonyl (C=O) groups is 3. The number of benzene rings is 2. The van der Waals surface area contributed by atoms with Gasteiger partial charge in [0.1, 0.15) is 5.82 Å². The zero-order chi connectivity index (χ0) is 26.1. The van der Waals surface area contributed by atoms with Gasteiger partial charge in [0.15, 0.2) is 5.65 Å². The second kappa shape index (κ2) is 12.6. The Hall–Kier alpha value is -3.99. The first-order valence-corrected chi connectivity index (χ1v) is 11.3. The molecule has 0 saturated carbocycles. The summed E-state index contributed by atoms with van der Waals surface area (Å²) in [5, 5.41) is 30.3. The molecule has 2 aromatic heterocycles. The number of hydrogen-bond donors (Lipinski definition) is 4. The van der Waals surface area contributed by atoms with Gasteiger partial charge in [0.2, 0.25) is 0 Å².